The van der Waals surface area contributed by atoms with Crippen molar-refractivity contribution in [3.05, 3.63) is 35.0 Å². The molecule has 0 bridgehead atoms. The number of carbonyl (C=O) groups excluding carboxylic acids is 1. The van der Waals surface area contributed by atoms with Gasteiger partial charge in [0.25, 0.3) is 5.91 Å². The van der Waals surface area contributed by atoms with Crippen molar-refractivity contribution in [1.82, 2.24) is 15.2 Å². The first-order valence-electron chi connectivity index (χ1n) is 12.9. The van der Waals surface area contributed by atoms with Crippen LogP contribution >= 0.6 is 11.6 Å². The van der Waals surface area contributed by atoms with Gasteiger partial charge in [0.15, 0.2) is 12.2 Å². The number of hydrogen-bond acceptors (Lipinski definition) is 10. The number of nitrogen functional groups attached to an aromatic ring is 1. The number of benzene rings is 1. The lowest BCUT2D eigenvalue weighted by Crippen LogP contribution is -2.49. The third-order valence-electron chi connectivity index (χ3n) is 7.13. The van der Waals surface area contributed by atoms with Crippen molar-refractivity contribution >= 4 is 46.0 Å². The lowest BCUT2D eigenvalue weighted by atomic mass is 9.91. The van der Waals surface area contributed by atoms with Crippen LogP contribution in [0.4, 0.5) is 5.69 Å². The summed E-state index contributed by atoms with van der Waals surface area (Å²) in [5.74, 6) is -3.30. The second kappa shape index (κ2) is 14.0. The number of hydrogen-bond donors (Lipinski definition) is 7. The highest BCUT2D eigenvalue weighted by Crippen LogP contribution is 2.30. The molecule has 2 atom stereocenters. The standard InChI is InChI=1S/C22H29ClN4O3.C4H6O6/c23-18-12-17(20-16(19(18)24)2-1-7-25-20)21(28)26-13-15-3-8-27(9-4-15)14-22(29)5-10-30-11-6-22;5-1(3(7)8)2(6)4(9)10/h1-2,7,12,15,29H,3-6,8-11,13-14,24H2,(H,26,28);1-2,5-6H,(H,7,8)(H,9,10)/t;1-,2-/m.1/s1. The average molecular weight is 583 g/mol. The molecule has 220 valence electrons. The predicted octanol–water partition coefficient (Wildman–Crippen LogP) is 0.331. The molecule has 2 aliphatic rings. The molecule has 40 heavy (non-hydrogen) atoms. The molecule has 0 saturated carbocycles. The minimum atomic E-state index is -2.27. The van der Waals surface area contributed by atoms with E-state index in [-0.39, 0.29) is 5.91 Å². The summed E-state index contributed by atoms with van der Waals surface area (Å²) >= 11 is 6.23. The maximum absolute atomic E-state index is 12.8. The van der Waals surface area contributed by atoms with Gasteiger partial charge in [0.05, 0.1) is 27.4 Å². The first-order chi connectivity index (χ1) is 18.9. The summed E-state index contributed by atoms with van der Waals surface area (Å²) < 4.78 is 5.36. The number of nitrogens with zero attached hydrogens (tertiary/aromatic N) is 2. The van der Waals surface area contributed by atoms with E-state index in [0.717, 1.165) is 25.9 Å². The van der Waals surface area contributed by atoms with Crippen molar-refractivity contribution in [2.24, 2.45) is 5.92 Å². The number of anilines is 1. The minimum Gasteiger partial charge on any atom is -0.479 e. The number of amides is 1. The number of aliphatic hydroxyl groups excluding tert-OH is 2. The van der Waals surface area contributed by atoms with Gasteiger partial charge >= 0.3 is 11.9 Å². The predicted molar refractivity (Wildman–Crippen MR) is 145 cm³/mol. The fourth-order valence-corrected chi connectivity index (χ4v) is 4.90. The highest BCUT2D eigenvalue weighted by Gasteiger charge is 2.33. The molecule has 1 amide bonds. The van der Waals surface area contributed by atoms with Gasteiger partial charge in [-0.25, -0.2) is 9.59 Å². The Morgan fingerprint density at radius 1 is 1.15 bits per heavy atom. The van der Waals surface area contributed by atoms with Gasteiger partial charge in [0, 0.05) is 50.7 Å². The minimum absolute atomic E-state index is 0.181. The number of carboxylic acid groups (broad SMARTS) is 2. The number of β-amino-alcohol motifs (C(OH)–C–C–N with tert-alkyl or cyclic N) is 1. The molecule has 0 radical (unpaired) electrons. The fourth-order valence-electron chi connectivity index (χ4n) is 4.69. The summed E-state index contributed by atoms with van der Waals surface area (Å²) in [5.41, 5.74) is 6.87. The monoisotopic (exact) mass is 582 g/mol. The summed E-state index contributed by atoms with van der Waals surface area (Å²) in [4.78, 5) is 39.0. The van der Waals surface area contributed by atoms with E-state index >= 15 is 0 Å². The van der Waals surface area contributed by atoms with Gasteiger partial charge in [0.2, 0.25) is 0 Å². The van der Waals surface area contributed by atoms with E-state index in [4.69, 9.17) is 42.5 Å². The topological polar surface area (TPSA) is 216 Å². The maximum Gasteiger partial charge on any atom is 0.335 e. The molecule has 3 heterocycles. The molecule has 2 aromatic rings. The molecule has 0 unspecified atom stereocenters. The lowest BCUT2D eigenvalue weighted by Gasteiger charge is -2.39. The van der Waals surface area contributed by atoms with Crippen LogP contribution < -0.4 is 11.1 Å². The summed E-state index contributed by atoms with van der Waals surface area (Å²) in [6.07, 6.45) is 0.511. The number of aliphatic hydroxyl groups is 3. The zero-order valence-electron chi connectivity index (χ0n) is 21.8. The number of fused-ring (bicyclic) bond motifs is 1. The first-order valence-corrected chi connectivity index (χ1v) is 13.2. The molecule has 0 aliphatic carbocycles. The number of aliphatic carboxylic acids is 2. The van der Waals surface area contributed by atoms with Crippen molar-refractivity contribution < 1.29 is 44.7 Å². The number of halogens is 1. The first kappa shape index (κ1) is 31.5. The number of nitrogens with two attached hydrogens (primary N) is 1. The Bertz CT molecular complexity index is 1180. The number of nitrogens with one attached hydrogen (secondary N) is 1. The SMILES string of the molecule is Nc1c(Cl)cc(C(=O)NCC2CCN(CC3(O)CCOCC3)CC2)c2ncccc12.O=C(O)[C@H](O)[C@@H](O)C(=O)O. The van der Waals surface area contributed by atoms with Crippen LogP contribution in [0.3, 0.4) is 0 Å². The van der Waals surface area contributed by atoms with E-state index in [1.54, 1.807) is 18.3 Å². The molecule has 2 saturated heterocycles. The van der Waals surface area contributed by atoms with E-state index in [1.807, 2.05) is 6.07 Å². The van der Waals surface area contributed by atoms with E-state index in [1.165, 1.54) is 0 Å². The lowest BCUT2D eigenvalue weighted by molar-refractivity contribution is -0.165. The number of carbonyl (C=O) groups is 3. The number of carboxylic acids is 2. The largest absolute Gasteiger partial charge is 0.479 e. The molecule has 13 nitrogen and oxygen atoms in total. The van der Waals surface area contributed by atoms with E-state index < -0.39 is 29.7 Å². The van der Waals surface area contributed by atoms with Crippen LogP contribution in [0.25, 0.3) is 10.9 Å². The van der Waals surface area contributed by atoms with Gasteiger partial charge in [-0.3, -0.25) is 9.78 Å². The summed E-state index contributed by atoms with van der Waals surface area (Å²) in [7, 11) is 0. The molecule has 2 fully saturated rings. The van der Waals surface area contributed by atoms with Crippen molar-refractivity contribution in [2.75, 3.05) is 45.1 Å². The zero-order valence-corrected chi connectivity index (χ0v) is 22.6. The van der Waals surface area contributed by atoms with Crippen molar-refractivity contribution in [3.8, 4) is 0 Å². The normalized spacial score (nSPS) is 19.2. The average Bonchev–Trinajstić information content (AvgIpc) is 2.94. The van der Waals surface area contributed by atoms with Crippen LogP contribution in [-0.2, 0) is 14.3 Å². The smallest absolute Gasteiger partial charge is 0.335 e. The Hall–Kier alpha value is -3.07. The van der Waals surface area contributed by atoms with Gasteiger partial charge in [0.1, 0.15) is 0 Å². The van der Waals surface area contributed by atoms with Crippen LogP contribution in [0.15, 0.2) is 24.4 Å². The number of rotatable bonds is 8. The molecule has 0 spiro atoms. The van der Waals surface area contributed by atoms with Crippen molar-refractivity contribution in [1.29, 1.82) is 0 Å². The number of ether oxygens (including phenoxy) is 1. The third kappa shape index (κ3) is 8.22. The van der Waals surface area contributed by atoms with Gasteiger partial charge < -0.3 is 46.2 Å². The van der Waals surface area contributed by atoms with Crippen LogP contribution in [0.5, 0.6) is 0 Å². The Balaban J connectivity index is 0.000000378. The summed E-state index contributed by atoms with van der Waals surface area (Å²) in [5, 5.41) is 47.3. The molecular weight excluding hydrogens is 548 g/mol. The Kier molecular flexibility index (Phi) is 11.0. The quantitative estimate of drug-likeness (QED) is 0.210. The second-order valence-corrected chi connectivity index (χ2v) is 10.5. The highest BCUT2D eigenvalue weighted by atomic mass is 35.5. The molecule has 8 N–H and O–H groups in total. The number of piperidine rings is 1. The molecule has 4 rings (SSSR count). The molecule has 1 aromatic heterocycles. The van der Waals surface area contributed by atoms with Crippen LogP contribution in [0, 0.1) is 5.92 Å². The van der Waals surface area contributed by atoms with Gasteiger partial charge in [-0.15, -0.1) is 0 Å². The summed E-state index contributed by atoms with van der Waals surface area (Å²) in [6, 6.07) is 5.20. The van der Waals surface area contributed by atoms with Crippen LogP contribution in [0.2, 0.25) is 5.02 Å². The summed E-state index contributed by atoms with van der Waals surface area (Å²) in [6.45, 7) is 4.46. The van der Waals surface area contributed by atoms with E-state index in [0.29, 0.717) is 72.2 Å². The van der Waals surface area contributed by atoms with Crippen LogP contribution in [-0.4, -0.2) is 110 Å². The van der Waals surface area contributed by atoms with E-state index in [2.05, 4.69) is 15.2 Å². The molecule has 14 heteroatoms. The zero-order chi connectivity index (χ0) is 29.4. The molecule has 1 aromatic carbocycles. The molecular formula is C26H35ClN4O9. The number of aromatic nitrogens is 1. The maximum atomic E-state index is 12.8. The Morgan fingerprint density at radius 3 is 2.33 bits per heavy atom. The Labute approximate surface area is 235 Å². The van der Waals surface area contributed by atoms with Crippen molar-refractivity contribution in [3.63, 3.8) is 0 Å². The second-order valence-electron chi connectivity index (χ2n) is 10.1. The third-order valence-corrected chi connectivity index (χ3v) is 7.44. The number of likely N-dealkylation sites (tertiary alicyclic amines) is 1. The Morgan fingerprint density at radius 2 is 1.75 bits per heavy atom. The van der Waals surface area contributed by atoms with Gasteiger partial charge in [-0.2, -0.15) is 0 Å². The van der Waals surface area contributed by atoms with Gasteiger partial charge in [-0.1, -0.05) is 11.6 Å². The van der Waals surface area contributed by atoms with E-state index in [9.17, 15) is 19.5 Å². The number of pyridine rings is 1. The fraction of sp³-hybridized carbons (Fsp3) is 0.538. The van der Waals surface area contributed by atoms with Crippen LogP contribution in [0.1, 0.15) is 36.0 Å². The van der Waals surface area contributed by atoms with Gasteiger partial charge in [-0.05, 0) is 50.0 Å². The van der Waals surface area contributed by atoms with Crippen molar-refractivity contribution in [2.45, 2.75) is 43.5 Å². The molecule has 2 aliphatic heterocycles. The highest BCUT2D eigenvalue weighted by molar-refractivity contribution is 6.35.